The van der Waals surface area contributed by atoms with Crippen LogP contribution in [0.3, 0.4) is 0 Å². The normalized spacial score (nSPS) is 20.3. The maximum atomic E-state index is 13.9. The van der Waals surface area contributed by atoms with E-state index < -0.39 is 0 Å². The molecule has 1 heterocycles. The number of hydrogen-bond acceptors (Lipinski definition) is 1. The van der Waals surface area contributed by atoms with E-state index in [1.54, 1.807) is 6.07 Å². The molecule has 1 nitrogen and oxygen atoms in total. The zero-order valence-corrected chi connectivity index (χ0v) is 11.2. The van der Waals surface area contributed by atoms with Crippen LogP contribution < -0.4 is 4.90 Å². The Hall–Kier alpha value is -0.760. The second kappa shape index (κ2) is 5.26. The quantitative estimate of drug-likeness (QED) is 0.737. The molecule has 1 fully saturated rings. The van der Waals surface area contributed by atoms with Gasteiger partial charge in [-0.25, -0.2) is 4.39 Å². The van der Waals surface area contributed by atoms with Crippen molar-refractivity contribution in [1.82, 2.24) is 0 Å². The van der Waals surface area contributed by atoms with Gasteiger partial charge in [-0.15, -0.1) is 11.6 Å². The van der Waals surface area contributed by atoms with Crippen LogP contribution in [0, 0.1) is 17.7 Å². The maximum Gasteiger partial charge on any atom is 0.146 e. The lowest BCUT2D eigenvalue weighted by Crippen LogP contribution is -2.22. The number of rotatable bonds is 3. The molecule has 0 radical (unpaired) electrons. The third-order valence-corrected chi connectivity index (χ3v) is 3.98. The van der Waals surface area contributed by atoms with Crippen molar-refractivity contribution in [3.05, 3.63) is 29.6 Å². The SMILES string of the molecule is CC(C)C1CCN(c2ccc(CCl)cc2F)C1. The molecule has 1 unspecified atom stereocenters. The standard InChI is InChI=1S/C14H19ClFN/c1-10(2)12-5-6-17(9-12)14-4-3-11(8-15)7-13(14)16/h3-4,7,10,12H,5-6,8-9H2,1-2H3. The minimum atomic E-state index is -0.146. The Bertz CT molecular complexity index is 392. The van der Waals surface area contributed by atoms with Crippen LogP contribution in [0.15, 0.2) is 18.2 Å². The predicted molar refractivity (Wildman–Crippen MR) is 71.1 cm³/mol. The van der Waals surface area contributed by atoms with E-state index in [4.69, 9.17) is 11.6 Å². The van der Waals surface area contributed by atoms with E-state index in [1.165, 1.54) is 0 Å². The van der Waals surface area contributed by atoms with Crippen molar-refractivity contribution in [3.8, 4) is 0 Å². The van der Waals surface area contributed by atoms with Crippen LogP contribution >= 0.6 is 11.6 Å². The molecule has 3 heteroatoms. The molecule has 1 aromatic carbocycles. The monoisotopic (exact) mass is 255 g/mol. The van der Waals surface area contributed by atoms with Gasteiger partial charge in [-0.2, -0.15) is 0 Å². The maximum absolute atomic E-state index is 13.9. The molecular weight excluding hydrogens is 237 g/mol. The molecule has 1 atom stereocenters. The van der Waals surface area contributed by atoms with Crippen molar-refractivity contribution in [2.24, 2.45) is 11.8 Å². The topological polar surface area (TPSA) is 3.24 Å². The fraction of sp³-hybridized carbons (Fsp3) is 0.571. The number of hydrogen-bond donors (Lipinski definition) is 0. The van der Waals surface area contributed by atoms with Crippen LogP contribution in [0.4, 0.5) is 10.1 Å². The van der Waals surface area contributed by atoms with E-state index in [1.807, 2.05) is 12.1 Å². The highest BCUT2D eigenvalue weighted by molar-refractivity contribution is 6.17. The first-order chi connectivity index (χ1) is 8.11. The summed E-state index contributed by atoms with van der Waals surface area (Å²) in [5.41, 5.74) is 1.56. The number of nitrogens with zero attached hydrogens (tertiary/aromatic N) is 1. The second-order valence-electron chi connectivity index (χ2n) is 5.16. The first-order valence-electron chi connectivity index (χ1n) is 6.21. The van der Waals surface area contributed by atoms with E-state index in [9.17, 15) is 4.39 Å². The Labute approximate surface area is 108 Å². The van der Waals surface area contributed by atoms with Gasteiger partial charge < -0.3 is 4.90 Å². The summed E-state index contributed by atoms with van der Waals surface area (Å²) in [6.45, 7) is 6.40. The van der Waals surface area contributed by atoms with E-state index >= 15 is 0 Å². The molecule has 1 aliphatic heterocycles. The minimum Gasteiger partial charge on any atom is -0.369 e. The molecule has 0 bridgehead atoms. The Morgan fingerprint density at radius 2 is 2.24 bits per heavy atom. The molecule has 0 spiro atoms. The molecule has 0 N–H and O–H groups in total. The molecule has 0 saturated carbocycles. The Morgan fingerprint density at radius 1 is 1.47 bits per heavy atom. The molecule has 2 rings (SSSR count). The van der Waals surface area contributed by atoms with Gasteiger partial charge >= 0.3 is 0 Å². The van der Waals surface area contributed by atoms with Crippen LogP contribution in [0.5, 0.6) is 0 Å². The van der Waals surface area contributed by atoms with Crippen LogP contribution in [-0.2, 0) is 5.88 Å². The average molecular weight is 256 g/mol. The zero-order valence-electron chi connectivity index (χ0n) is 10.4. The van der Waals surface area contributed by atoms with Crippen LogP contribution in [0.25, 0.3) is 0 Å². The largest absolute Gasteiger partial charge is 0.369 e. The van der Waals surface area contributed by atoms with Crippen molar-refractivity contribution < 1.29 is 4.39 Å². The van der Waals surface area contributed by atoms with Gasteiger partial charge in [0.2, 0.25) is 0 Å². The molecule has 0 aromatic heterocycles. The summed E-state index contributed by atoms with van der Waals surface area (Å²) < 4.78 is 13.9. The summed E-state index contributed by atoms with van der Waals surface area (Å²) in [6, 6.07) is 5.31. The van der Waals surface area contributed by atoms with Gasteiger partial charge in [0.1, 0.15) is 5.82 Å². The molecular formula is C14H19ClFN. The van der Waals surface area contributed by atoms with Gasteiger partial charge in [0.15, 0.2) is 0 Å². The lowest BCUT2D eigenvalue weighted by atomic mass is 9.95. The zero-order chi connectivity index (χ0) is 12.4. The highest BCUT2D eigenvalue weighted by atomic mass is 35.5. The first kappa shape index (κ1) is 12.7. The number of halogens is 2. The Morgan fingerprint density at radius 3 is 2.76 bits per heavy atom. The molecule has 94 valence electrons. The summed E-state index contributed by atoms with van der Waals surface area (Å²) in [6.07, 6.45) is 1.16. The summed E-state index contributed by atoms with van der Waals surface area (Å²) in [5, 5.41) is 0. The van der Waals surface area contributed by atoms with Crippen molar-refractivity contribution in [2.75, 3.05) is 18.0 Å². The van der Waals surface area contributed by atoms with Gasteiger partial charge in [0.25, 0.3) is 0 Å². The summed E-state index contributed by atoms with van der Waals surface area (Å²) in [4.78, 5) is 2.15. The lowest BCUT2D eigenvalue weighted by molar-refractivity contribution is 0.422. The molecule has 0 amide bonds. The lowest BCUT2D eigenvalue weighted by Gasteiger charge is -2.21. The number of anilines is 1. The van der Waals surface area contributed by atoms with Crippen molar-refractivity contribution >= 4 is 17.3 Å². The van der Waals surface area contributed by atoms with Crippen molar-refractivity contribution in [3.63, 3.8) is 0 Å². The molecule has 0 aliphatic carbocycles. The summed E-state index contributed by atoms with van der Waals surface area (Å²) in [5.74, 6) is 1.58. The van der Waals surface area contributed by atoms with E-state index in [0.29, 0.717) is 17.7 Å². The highest BCUT2D eigenvalue weighted by Gasteiger charge is 2.26. The minimum absolute atomic E-state index is 0.146. The van der Waals surface area contributed by atoms with Crippen LogP contribution in [0.1, 0.15) is 25.8 Å². The Balaban J connectivity index is 2.13. The van der Waals surface area contributed by atoms with E-state index in [-0.39, 0.29) is 5.82 Å². The Kier molecular flexibility index (Phi) is 3.93. The van der Waals surface area contributed by atoms with Gasteiger partial charge in [0.05, 0.1) is 5.69 Å². The fourth-order valence-electron chi connectivity index (χ4n) is 2.44. The molecule has 1 saturated heterocycles. The molecule has 1 aromatic rings. The second-order valence-corrected chi connectivity index (χ2v) is 5.43. The van der Waals surface area contributed by atoms with Crippen molar-refractivity contribution in [1.29, 1.82) is 0 Å². The van der Waals surface area contributed by atoms with E-state index in [2.05, 4.69) is 18.7 Å². The van der Waals surface area contributed by atoms with Gasteiger partial charge in [-0.05, 0) is 36.0 Å². The number of alkyl halides is 1. The summed E-state index contributed by atoms with van der Waals surface area (Å²) in [7, 11) is 0. The number of benzene rings is 1. The molecule has 17 heavy (non-hydrogen) atoms. The van der Waals surface area contributed by atoms with Gasteiger partial charge in [-0.1, -0.05) is 19.9 Å². The van der Waals surface area contributed by atoms with Gasteiger partial charge in [0, 0.05) is 19.0 Å². The first-order valence-corrected chi connectivity index (χ1v) is 6.74. The highest BCUT2D eigenvalue weighted by Crippen LogP contribution is 2.30. The summed E-state index contributed by atoms with van der Waals surface area (Å²) >= 11 is 5.70. The van der Waals surface area contributed by atoms with E-state index in [0.717, 1.165) is 30.8 Å². The van der Waals surface area contributed by atoms with Crippen LogP contribution in [0.2, 0.25) is 0 Å². The third-order valence-electron chi connectivity index (χ3n) is 3.67. The predicted octanol–water partition coefficient (Wildman–Crippen LogP) is 4.05. The van der Waals surface area contributed by atoms with Crippen molar-refractivity contribution in [2.45, 2.75) is 26.1 Å². The van der Waals surface area contributed by atoms with Gasteiger partial charge in [-0.3, -0.25) is 0 Å². The van der Waals surface area contributed by atoms with Crippen LogP contribution in [-0.4, -0.2) is 13.1 Å². The molecule has 1 aliphatic rings. The average Bonchev–Trinajstić information content (AvgIpc) is 2.78. The fourth-order valence-corrected chi connectivity index (χ4v) is 2.61. The smallest absolute Gasteiger partial charge is 0.146 e. The third kappa shape index (κ3) is 2.74.